The highest BCUT2D eigenvalue weighted by Crippen LogP contribution is 2.62. The molecule has 0 amide bonds. The van der Waals surface area contributed by atoms with Gasteiger partial charge in [-0.15, -0.1) is 0 Å². The molecule has 0 heterocycles. The Morgan fingerprint density at radius 1 is 0.946 bits per heavy atom. The Morgan fingerprint density at radius 3 is 2.46 bits per heavy atom. The van der Waals surface area contributed by atoms with Crippen molar-refractivity contribution in [1.82, 2.24) is 0 Å². The summed E-state index contributed by atoms with van der Waals surface area (Å²) in [5.41, 5.74) is 1.51. The van der Waals surface area contributed by atoms with Crippen LogP contribution < -0.4 is 0 Å². The molecule has 0 spiro atoms. The molecule has 0 aromatic carbocycles. The van der Waals surface area contributed by atoms with Crippen LogP contribution in [0.2, 0.25) is 0 Å². The highest BCUT2D eigenvalue weighted by Gasteiger charge is 2.57. The number of hydrogen-bond donors (Lipinski definition) is 0. The zero-order valence-corrected chi connectivity index (χ0v) is 24.1. The SMILES string of the molecule is CCCCCCCCCCC(CC)COC(=O)O[C@H]1CC[C@H]2[C@@H]3CCC4=CC(=O)CC[C@@H]4[C@H]3CC[C@]12C. The maximum Gasteiger partial charge on any atom is 0.508 e. The summed E-state index contributed by atoms with van der Waals surface area (Å²) in [6, 6.07) is 0. The lowest BCUT2D eigenvalue weighted by Crippen LogP contribution is -2.48. The molecule has 210 valence electrons. The van der Waals surface area contributed by atoms with Crippen molar-refractivity contribution in [2.45, 2.75) is 142 Å². The van der Waals surface area contributed by atoms with Gasteiger partial charge in [-0.25, -0.2) is 4.79 Å². The molecule has 0 bridgehead atoms. The second-order valence-electron chi connectivity index (χ2n) is 13.1. The van der Waals surface area contributed by atoms with Crippen molar-refractivity contribution in [3.63, 3.8) is 0 Å². The Kier molecular flexibility index (Phi) is 10.6. The minimum Gasteiger partial charge on any atom is -0.434 e. The van der Waals surface area contributed by atoms with Crippen molar-refractivity contribution in [2.24, 2.45) is 35.0 Å². The van der Waals surface area contributed by atoms with Gasteiger partial charge in [-0.05, 0) is 87.0 Å². The van der Waals surface area contributed by atoms with Crippen LogP contribution in [-0.2, 0) is 14.3 Å². The third-order valence-corrected chi connectivity index (χ3v) is 10.9. The molecule has 0 aromatic heterocycles. The van der Waals surface area contributed by atoms with Crippen LogP contribution in [0.15, 0.2) is 11.6 Å². The minimum atomic E-state index is -0.442. The number of rotatable bonds is 13. The highest BCUT2D eigenvalue weighted by atomic mass is 16.7. The topological polar surface area (TPSA) is 52.6 Å². The van der Waals surface area contributed by atoms with E-state index in [0.29, 0.717) is 30.1 Å². The van der Waals surface area contributed by atoms with Gasteiger partial charge in [0.15, 0.2) is 5.78 Å². The molecule has 7 atom stereocenters. The van der Waals surface area contributed by atoms with Crippen LogP contribution in [0.5, 0.6) is 0 Å². The molecular formula is C33H54O4. The first kappa shape index (κ1) is 28.7. The number of ketones is 1. The standard InChI is InChI=1S/C33H54O4/c1-4-6-7-8-9-10-11-12-13-24(5-2)23-36-32(35)37-31-19-18-30-29-16-14-25-22-26(34)15-17-27(25)28(29)20-21-33(30,31)3/h22,24,27-31H,4-21,23H2,1-3H3/t24?,27-,28+,29+,30-,31-,33-/m0/s1. The number of ether oxygens (including phenoxy) is 2. The summed E-state index contributed by atoms with van der Waals surface area (Å²) in [5.74, 6) is 3.48. The molecule has 0 N–H and O–H groups in total. The van der Waals surface area contributed by atoms with Crippen LogP contribution in [-0.4, -0.2) is 24.6 Å². The first-order valence-corrected chi connectivity index (χ1v) is 16.0. The van der Waals surface area contributed by atoms with Crippen LogP contribution >= 0.6 is 0 Å². The van der Waals surface area contributed by atoms with E-state index in [9.17, 15) is 9.59 Å². The quantitative estimate of drug-likeness (QED) is 0.181. The predicted molar refractivity (Wildman–Crippen MR) is 149 cm³/mol. The van der Waals surface area contributed by atoms with Crippen molar-refractivity contribution in [3.05, 3.63) is 11.6 Å². The van der Waals surface area contributed by atoms with E-state index in [4.69, 9.17) is 9.47 Å². The molecule has 0 radical (unpaired) electrons. The molecule has 0 aliphatic heterocycles. The molecule has 3 fully saturated rings. The number of allylic oxidation sites excluding steroid dienone is 1. The van der Waals surface area contributed by atoms with Crippen molar-refractivity contribution in [1.29, 1.82) is 0 Å². The lowest BCUT2D eigenvalue weighted by molar-refractivity contribution is -0.116. The summed E-state index contributed by atoms with van der Waals surface area (Å²) < 4.78 is 11.7. The van der Waals surface area contributed by atoms with Gasteiger partial charge >= 0.3 is 6.16 Å². The zero-order valence-electron chi connectivity index (χ0n) is 24.1. The van der Waals surface area contributed by atoms with E-state index in [0.717, 1.165) is 63.2 Å². The van der Waals surface area contributed by atoms with Gasteiger partial charge in [-0.2, -0.15) is 0 Å². The van der Waals surface area contributed by atoms with Gasteiger partial charge in [0.25, 0.3) is 0 Å². The molecule has 4 nitrogen and oxygen atoms in total. The monoisotopic (exact) mass is 514 g/mol. The van der Waals surface area contributed by atoms with Gasteiger partial charge in [-0.3, -0.25) is 4.79 Å². The van der Waals surface area contributed by atoms with Gasteiger partial charge < -0.3 is 9.47 Å². The smallest absolute Gasteiger partial charge is 0.434 e. The third kappa shape index (κ3) is 7.01. The molecular weight excluding hydrogens is 460 g/mol. The highest BCUT2D eigenvalue weighted by molar-refractivity contribution is 5.91. The summed E-state index contributed by atoms with van der Waals surface area (Å²) in [6.07, 6.45) is 23.0. The molecule has 1 unspecified atom stereocenters. The Labute approximate surface area is 226 Å². The average Bonchev–Trinajstić information content (AvgIpc) is 3.22. The number of hydrogen-bond acceptors (Lipinski definition) is 4. The Hall–Kier alpha value is -1.32. The average molecular weight is 515 g/mol. The third-order valence-electron chi connectivity index (χ3n) is 10.9. The van der Waals surface area contributed by atoms with E-state index in [1.165, 1.54) is 69.8 Å². The normalized spacial score (nSPS) is 33.6. The van der Waals surface area contributed by atoms with E-state index >= 15 is 0 Å². The first-order valence-electron chi connectivity index (χ1n) is 16.0. The summed E-state index contributed by atoms with van der Waals surface area (Å²) in [4.78, 5) is 24.7. The number of unbranched alkanes of at least 4 members (excludes halogenated alkanes) is 7. The lowest BCUT2D eigenvalue weighted by atomic mass is 9.52. The molecule has 37 heavy (non-hydrogen) atoms. The van der Waals surface area contributed by atoms with Gasteiger partial charge in [-0.1, -0.05) is 84.1 Å². The summed E-state index contributed by atoms with van der Waals surface area (Å²) in [6.45, 7) is 7.35. The fourth-order valence-electron chi connectivity index (χ4n) is 8.63. The Balaban J connectivity index is 1.19. The molecule has 4 aliphatic rings. The molecule has 4 aliphatic carbocycles. The van der Waals surface area contributed by atoms with Gasteiger partial charge in [0.1, 0.15) is 6.10 Å². The summed E-state index contributed by atoms with van der Waals surface area (Å²) in [5, 5.41) is 0. The van der Waals surface area contributed by atoms with Crippen molar-refractivity contribution in [3.8, 4) is 0 Å². The van der Waals surface area contributed by atoms with Crippen molar-refractivity contribution in [2.75, 3.05) is 6.61 Å². The fourth-order valence-corrected chi connectivity index (χ4v) is 8.63. The lowest BCUT2D eigenvalue weighted by Gasteiger charge is -2.53. The number of carbonyl (C=O) groups is 2. The molecule has 4 rings (SSSR count). The maximum atomic E-state index is 12.8. The van der Waals surface area contributed by atoms with E-state index in [-0.39, 0.29) is 11.5 Å². The Morgan fingerprint density at radius 2 is 1.70 bits per heavy atom. The van der Waals surface area contributed by atoms with E-state index < -0.39 is 6.16 Å². The molecule has 3 saturated carbocycles. The Bertz CT molecular complexity index is 787. The van der Waals surface area contributed by atoms with Gasteiger partial charge in [0.2, 0.25) is 0 Å². The van der Waals surface area contributed by atoms with Crippen molar-refractivity contribution < 1.29 is 19.1 Å². The molecule has 4 heteroatoms. The zero-order chi connectivity index (χ0) is 26.3. The fraction of sp³-hybridized carbons (Fsp3) is 0.879. The van der Waals surface area contributed by atoms with E-state index in [2.05, 4.69) is 20.8 Å². The van der Waals surface area contributed by atoms with Crippen LogP contribution in [0.4, 0.5) is 4.79 Å². The van der Waals surface area contributed by atoms with Crippen LogP contribution in [0, 0.1) is 35.0 Å². The number of carbonyl (C=O) groups excluding carboxylic acids is 2. The van der Waals surface area contributed by atoms with Crippen LogP contribution in [0.25, 0.3) is 0 Å². The number of fused-ring (bicyclic) bond motifs is 5. The van der Waals surface area contributed by atoms with E-state index in [1.807, 2.05) is 6.08 Å². The van der Waals surface area contributed by atoms with Crippen LogP contribution in [0.1, 0.15) is 136 Å². The second-order valence-corrected chi connectivity index (χ2v) is 13.1. The van der Waals surface area contributed by atoms with Gasteiger partial charge in [0, 0.05) is 11.8 Å². The van der Waals surface area contributed by atoms with Crippen LogP contribution in [0.3, 0.4) is 0 Å². The minimum absolute atomic E-state index is 0.0105. The van der Waals surface area contributed by atoms with E-state index in [1.54, 1.807) is 0 Å². The summed E-state index contributed by atoms with van der Waals surface area (Å²) >= 11 is 0. The summed E-state index contributed by atoms with van der Waals surface area (Å²) in [7, 11) is 0. The maximum absolute atomic E-state index is 12.8. The van der Waals surface area contributed by atoms with Gasteiger partial charge in [0.05, 0.1) is 6.61 Å². The molecule has 0 saturated heterocycles. The van der Waals surface area contributed by atoms with Crippen molar-refractivity contribution >= 4 is 11.9 Å². The predicted octanol–water partition coefficient (Wildman–Crippen LogP) is 9.21. The second kappa shape index (κ2) is 13.7. The molecule has 0 aromatic rings. The first-order chi connectivity index (χ1) is 18.0. The largest absolute Gasteiger partial charge is 0.508 e.